The lowest BCUT2D eigenvalue weighted by Crippen LogP contribution is -2.34. The lowest BCUT2D eigenvalue weighted by molar-refractivity contribution is 0.0600. The molecule has 10 heteroatoms. The smallest absolute Gasteiger partial charge is 0.337 e. The van der Waals surface area contributed by atoms with Gasteiger partial charge in [0.1, 0.15) is 0 Å². The van der Waals surface area contributed by atoms with E-state index in [-0.39, 0.29) is 27.7 Å². The first-order valence-electron chi connectivity index (χ1n) is 10.2. The number of amides is 1. The van der Waals surface area contributed by atoms with E-state index in [0.29, 0.717) is 11.4 Å². The molecule has 3 aromatic carbocycles. The maximum atomic E-state index is 13.1. The third-order valence-corrected chi connectivity index (χ3v) is 6.93. The van der Waals surface area contributed by atoms with E-state index in [1.807, 2.05) is 6.07 Å². The van der Waals surface area contributed by atoms with Crippen LogP contribution in [0, 0.1) is 0 Å². The van der Waals surface area contributed by atoms with Crippen molar-refractivity contribution in [3.63, 3.8) is 0 Å². The van der Waals surface area contributed by atoms with Crippen molar-refractivity contribution in [3.8, 4) is 0 Å². The zero-order chi connectivity index (χ0) is 24.7. The highest BCUT2D eigenvalue weighted by molar-refractivity contribution is 7.92. The minimum Gasteiger partial charge on any atom is -0.465 e. The number of thiocarbonyl (C=S) groups is 1. The van der Waals surface area contributed by atoms with E-state index in [2.05, 4.69) is 15.4 Å². The second-order valence-electron chi connectivity index (χ2n) is 7.01. The van der Waals surface area contributed by atoms with Crippen molar-refractivity contribution >= 4 is 50.6 Å². The molecular weight excluding hydrogens is 474 g/mol. The van der Waals surface area contributed by atoms with Gasteiger partial charge in [0, 0.05) is 17.8 Å². The molecule has 8 nitrogen and oxygen atoms in total. The van der Waals surface area contributed by atoms with Gasteiger partial charge < -0.3 is 10.1 Å². The number of ether oxygens (including phenoxy) is 1. The Morgan fingerprint density at radius 2 is 1.59 bits per heavy atom. The van der Waals surface area contributed by atoms with Gasteiger partial charge in [-0.25, -0.2) is 13.2 Å². The van der Waals surface area contributed by atoms with Crippen LogP contribution in [-0.4, -0.2) is 39.1 Å². The summed E-state index contributed by atoms with van der Waals surface area (Å²) in [5, 5.41) is 5.39. The number of nitrogens with zero attached hydrogens (tertiary/aromatic N) is 1. The molecule has 0 radical (unpaired) electrons. The molecule has 0 saturated carbocycles. The van der Waals surface area contributed by atoms with Crippen LogP contribution in [-0.2, 0) is 14.8 Å². The van der Waals surface area contributed by atoms with Crippen molar-refractivity contribution < 1.29 is 22.7 Å². The van der Waals surface area contributed by atoms with Crippen molar-refractivity contribution in [1.82, 2.24) is 5.32 Å². The van der Waals surface area contributed by atoms with Crippen molar-refractivity contribution in [1.29, 1.82) is 0 Å². The van der Waals surface area contributed by atoms with Crippen LogP contribution in [0.4, 0.5) is 11.4 Å². The molecule has 0 heterocycles. The van der Waals surface area contributed by atoms with Crippen LogP contribution in [0.25, 0.3) is 0 Å². The predicted molar refractivity (Wildman–Crippen MR) is 135 cm³/mol. The van der Waals surface area contributed by atoms with Gasteiger partial charge in [-0.15, -0.1) is 0 Å². The molecule has 1 amide bonds. The standard InChI is InChI=1S/C24H23N3O5S2/c1-3-27(20-10-5-4-6-11-20)34(30,31)21-14-12-19(13-15-21)25-24(33)26-22(28)17-8-7-9-18(16-17)23(29)32-2/h4-16H,3H2,1-2H3,(H2,25,26,28,33). The maximum absolute atomic E-state index is 13.1. The Morgan fingerprint density at radius 1 is 0.941 bits per heavy atom. The van der Waals surface area contributed by atoms with Crippen LogP contribution in [0.1, 0.15) is 27.6 Å². The first-order chi connectivity index (χ1) is 16.3. The van der Waals surface area contributed by atoms with E-state index in [1.54, 1.807) is 49.4 Å². The first-order valence-corrected chi connectivity index (χ1v) is 12.1. The van der Waals surface area contributed by atoms with Gasteiger partial charge in [-0.2, -0.15) is 0 Å². The minimum atomic E-state index is -3.75. The lowest BCUT2D eigenvalue weighted by Gasteiger charge is -2.23. The number of carbonyl (C=O) groups is 2. The molecule has 0 bridgehead atoms. The minimum absolute atomic E-state index is 0.0172. The number of rotatable bonds is 7. The second-order valence-corrected chi connectivity index (χ2v) is 9.28. The lowest BCUT2D eigenvalue weighted by atomic mass is 10.1. The zero-order valence-corrected chi connectivity index (χ0v) is 20.2. The van der Waals surface area contributed by atoms with E-state index in [1.165, 1.54) is 41.7 Å². The summed E-state index contributed by atoms with van der Waals surface area (Å²) in [6, 6.07) is 20.9. The van der Waals surface area contributed by atoms with Gasteiger partial charge in [0.2, 0.25) is 0 Å². The van der Waals surface area contributed by atoms with Crippen LogP contribution in [0.15, 0.2) is 83.8 Å². The largest absolute Gasteiger partial charge is 0.465 e. The Morgan fingerprint density at radius 3 is 2.21 bits per heavy atom. The van der Waals surface area contributed by atoms with Gasteiger partial charge in [0.05, 0.1) is 23.3 Å². The molecule has 0 aliphatic carbocycles. The summed E-state index contributed by atoms with van der Waals surface area (Å²) < 4.78 is 32.2. The Bertz CT molecular complexity index is 1290. The Labute approximate surface area is 203 Å². The molecule has 0 spiro atoms. The first kappa shape index (κ1) is 24.9. The van der Waals surface area contributed by atoms with Crippen LogP contribution >= 0.6 is 12.2 Å². The topological polar surface area (TPSA) is 105 Å². The SMILES string of the molecule is CCN(c1ccccc1)S(=O)(=O)c1ccc(NC(=S)NC(=O)c2cccc(C(=O)OC)c2)cc1. The third-order valence-electron chi connectivity index (χ3n) is 4.80. The highest BCUT2D eigenvalue weighted by Gasteiger charge is 2.23. The highest BCUT2D eigenvalue weighted by atomic mass is 32.2. The normalized spacial score (nSPS) is 10.8. The summed E-state index contributed by atoms with van der Waals surface area (Å²) in [4.78, 5) is 24.2. The van der Waals surface area contributed by atoms with Crippen molar-refractivity contribution in [2.45, 2.75) is 11.8 Å². The van der Waals surface area contributed by atoms with E-state index in [0.717, 1.165) is 0 Å². The summed E-state index contributed by atoms with van der Waals surface area (Å²) in [5.74, 6) is -1.07. The molecule has 0 saturated heterocycles. The number of methoxy groups -OCH3 is 1. The molecule has 0 unspecified atom stereocenters. The molecule has 0 fully saturated rings. The molecule has 0 aliphatic rings. The molecule has 3 aromatic rings. The van der Waals surface area contributed by atoms with Gasteiger partial charge >= 0.3 is 5.97 Å². The fourth-order valence-corrected chi connectivity index (χ4v) is 4.85. The Balaban J connectivity index is 1.68. The summed E-state index contributed by atoms with van der Waals surface area (Å²) in [7, 11) is -2.50. The number of hydrogen-bond acceptors (Lipinski definition) is 6. The van der Waals surface area contributed by atoms with Gasteiger partial charge in [-0.3, -0.25) is 14.4 Å². The van der Waals surface area contributed by atoms with Gasteiger partial charge in [0.15, 0.2) is 5.11 Å². The predicted octanol–water partition coefficient (Wildman–Crippen LogP) is 3.82. The van der Waals surface area contributed by atoms with Crippen LogP contribution in [0.3, 0.4) is 0 Å². The Kier molecular flexibility index (Phi) is 7.98. The van der Waals surface area contributed by atoms with Gasteiger partial charge in [-0.1, -0.05) is 24.3 Å². The molecule has 0 aliphatic heterocycles. The molecular formula is C24H23N3O5S2. The maximum Gasteiger partial charge on any atom is 0.337 e. The number of hydrogen-bond donors (Lipinski definition) is 2. The summed E-state index contributed by atoms with van der Waals surface area (Å²) in [6.07, 6.45) is 0. The number of sulfonamides is 1. The van der Waals surface area contributed by atoms with Gasteiger partial charge in [-0.05, 0) is 73.7 Å². The molecule has 176 valence electrons. The molecule has 0 atom stereocenters. The van der Waals surface area contributed by atoms with Crippen molar-refractivity contribution in [3.05, 3.63) is 90.0 Å². The zero-order valence-electron chi connectivity index (χ0n) is 18.5. The number of anilines is 2. The molecule has 3 rings (SSSR count). The summed E-state index contributed by atoms with van der Waals surface area (Å²) in [6.45, 7) is 2.04. The second kappa shape index (κ2) is 10.9. The molecule has 0 aromatic heterocycles. The highest BCUT2D eigenvalue weighted by Crippen LogP contribution is 2.24. The fourth-order valence-electron chi connectivity index (χ4n) is 3.17. The molecule has 2 N–H and O–H groups in total. The quantitative estimate of drug-likeness (QED) is 0.378. The number of benzene rings is 3. The van der Waals surface area contributed by atoms with Crippen molar-refractivity contribution in [2.24, 2.45) is 0 Å². The van der Waals surface area contributed by atoms with Gasteiger partial charge in [0.25, 0.3) is 15.9 Å². The summed E-state index contributed by atoms with van der Waals surface area (Å²) >= 11 is 5.19. The van der Waals surface area contributed by atoms with Crippen LogP contribution in [0.2, 0.25) is 0 Å². The number of para-hydroxylation sites is 1. The van der Waals surface area contributed by atoms with Crippen LogP contribution in [0.5, 0.6) is 0 Å². The van der Waals surface area contributed by atoms with E-state index in [9.17, 15) is 18.0 Å². The average Bonchev–Trinajstić information content (AvgIpc) is 2.84. The van der Waals surface area contributed by atoms with Crippen molar-refractivity contribution in [2.75, 3.05) is 23.3 Å². The van der Waals surface area contributed by atoms with E-state index < -0.39 is 21.9 Å². The molecule has 34 heavy (non-hydrogen) atoms. The fraction of sp³-hybridized carbons (Fsp3) is 0.125. The van der Waals surface area contributed by atoms with E-state index >= 15 is 0 Å². The average molecular weight is 498 g/mol. The third kappa shape index (κ3) is 5.77. The number of carbonyl (C=O) groups excluding carboxylic acids is 2. The monoisotopic (exact) mass is 497 g/mol. The number of esters is 1. The van der Waals surface area contributed by atoms with Crippen LogP contribution < -0.4 is 14.9 Å². The van der Waals surface area contributed by atoms with E-state index in [4.69, 9.17) is 12.2 Å². The number of nitrogens with one attached hydrogen (secondary N) is 2. The Hall–Kier alpha value is -3.76. The summed E-state index contributed by atoms with van der Waals surface area (Å²) in [5.41, 5.74) is 1.54.